The van der Waals surface area contributed by atoms with Gasteiger partial charge < -0.3 is 14.0 Å². The first-order chi connectivity index (χ1) is 15.8. The van der Waals surface area contributed by atoms with E-state index in [1.54, 1.807) is 5.38 Å². The number of aryl methyl sites for hydroxylation is 2. The Bertz CT molecular complexity index is 1420. The van der Waals surface area contributed by atoms with Gasteiger partial charge in [0.1, 0.15) is 29.8 Å². The molecule has 0 bridgehead atoms. The summed E-state index contributed by atoms with van der Waals surface area (Å²) in [6.07, 6.45) is 1.44. The third-order valence-electron chi connectivity index (χ3n) is 4.93. The Kier molecular flexibility index (Phi) is 6.36. The number of imidazole rings is 1. The van der Waals surface area contributed by atoms with Gasteiger partial charge >= 0.3 is 11.7 Å². The number of carbonyl (C=O) groups is 1. The molecule has 0 saturated heterocycles. The molecule has 0 N–H and O–H groups in total. The predicted molar refractivity (Wildman–Crippen MR) is 117 cm³/mol. The lowest BCUT2D eigenvalue weighted by Gasteiger charge is -2.07. The van der Waals surface area contributed by atoms with Gasteiger partial charge in [0.05, 0.1) is 18.4 Å². The van der Waals surface area contributed by atoms with Crippen molar-refractivity contribution in [1.29, 1.82) is 0 Å². The molecule has 3 heterocycles. The summed E-state index contributed by atoms with van der Waals surface area (Å²) >= 11 is 1.36. The minimum absolute atomic E-state index is 0.00677. The van der Waals surface area contributed by atoms with Crippen molar-refractivity contribution in [3.05, 3.63) is 73.3 Å². The largest absolute Gasteiger partial charge is 0.486 e. The van der Waals surface area contributed by atoms with Crippen LogP contribution < -0.4 is 16.0 Å². The average molecular weight is 473 g/mol. The van der Waals surface area contributed by atoms with E-state index in [1.807, 2.05) is 0 Å². The van der Waals surface area contributed by atoms with Gasteiger partial charge in [-0.05, 0) is 24.3 Å². The van der Waals surface area contributed by atoms with Crippen LogP contribution in [0.1, 0.15) is 17.1 Å². The maximum atomic E-state index is 12.9. The summed E-state index contributed by atoms with van der Waals surface area (Å²) in [6.45, 7) is 0.402. The number of rotatable bonds is 8. The molecule has 0 unspecified atom stereocenters. The summed E-state index contributed by atoms with van der Waals surface area (Å²) < 4.78 is 27.6. The molecule has 172 valence electrons. The second-order valence-electron chi connectivity index (χ2n) is 7.20. The normalized spacial score (nSPS) is 11.1. The van der Waals surface area contributed by atoms with Crippen LogP contribution in [-0.2, 0) is 43.4 Å². The predicted octanol–water partition coefficient (Wildman–Crippen LogP) is 1.74. The second kappa shape index (κ2) is 9.36. The molecular formula is C21H20FN5O5S. The smallest absolute Gasteiger partial charge is 0.332 e. The van der Waals surface area contributed by atoms with E-state index in [0.717, 1.165) is 4.57 Å². The van der Waals surface area contributed by atoms with E-state index in [1.165, 1.54) is 65.2 Å². The fraction of sp³-hybridized carbons (Fsp3) is 0.286. The van der Waals surface area contributed by atoms with Crippen LogP contribution in [0.25, 0.3) is 11.2 Å². The highest BCUT2D eigenvalue weighted by molar-refractivity contribution is 7.09. The molecule has 0 aliphatic carbocycles. The van der Waals surface area contributed by atoms with Crippen molar-refractivity contribution in [2.45, 2.75) is 26.2 Å². The summed E-state index contributed by atoms with van der Waals surface area (Å²) in [5.74, 6) is -0.271. The zero-order valence-corrected chi connectivity index (χ0v) is 18.7. The van der Waals surface area contributed by atoms with Crippen LogP contribution in [0.5, 0.6) is 5.75 Å². The molecular weight excluding hydrogens is 453 g/mol. The highest BCUT2D eigenvalue weighted by Crippen LogP contribution is 2.16. The lowest BCUT2D eigenvalue weighted by molar-refractivity contribution is -0.145. The van der Waals surface area contributed by atoms with Gasteiger partial charge in [0.15, 0.2) is 11.2 Å². The van der Waals surface area contributed by atoms with Gasteiger partial charge in [0.2, 0.25) is 0 Å². The molecule has 0 atom stereocenters. The Hall–Kier alpha value is -3.80. The molecule has 1 aromatic carbocycles. The number of hydrogen-bond acceptors (Lipinski definition) is 8. The van der Waals surface area contributed by atoms with E-state index in [4.69, 9.17) is 9.47 Å². The maximum absolute atomic E-state index is 12.9. The molecule has 0 fully saturated rings. The Labute approximate surface area is 190 Å². The van der Waals surface area contributed by atoms with E-state index in [2.05, 4.69) is 9.97 Å². The zero-order chi connectivity index (χ0) is 23.5. The van der Waals surface area contributed by atoms with Gasteiger partial charge in [-0.2, -0.15) is 0 Å². The zero-order valence-electron chi connectivity index (χ0n) is 17.9. The first kappa shape index (κ1) is 22.4. The van der Waals surface area contributed by atoms with Crippen LogP contribution in [0.15, 0.2) is 45.6 Å². The molecule has 0 aliphatic heterocycles. The topological polar surface area (TPSA) is 110 Å². The Morgan fingerprint density at radius 2 is 1.88 bits per heavy atom. The quantitative estimate of drug-likeness (QED) is 0.359. The number of hydrogen-bond donors (Lipinski definition) is 0. The third kappa shape index (κ3) is 4.85. The first-order valence-corrected chi connectivity index (χ1v) is 10.8. The minimum atomic E-state index is -0.475. The number of fused-ring (bicyclic) bond motifs is 1. The lowest BCUT2D eigenvalue weighted by atomic mass is 10.3. The van der Waals surface area contributed by atoms with Crippen LogP contribution in [0, 0.1) is 5.82 Å². The van der Waals surface area contributed by atoms with Crippen LogP contribution in [0.4, 0.5) is 4.39 Å². The van der Waals surface area contributed by atoms with Crippen LogP contribution in [0.3, 0.4) is 0 Å². The number of nitrogens with zero attached hydrogens (tertiary/aromatic N) is 5. The van der Waals surface area contributed by atoms with Crippen LogP contribution in [0.2, 0.25) is 0 Å². The average Bonchev–Trinajstić information content (AvgIpc) is 3.45. The van der Waals surface area contributed by atoms with Crippen molar-refractivity contribution < 1.29 is 18.7 Å². The van der Waals surface area contributed by atoms with E-state index < -0.39 is 17.2 Å². The summed E-state index contributed by atoms with van der Waals surface area (Å²) in [6, 6.07) is 5.69. The van der Waals surface area contributed by atoms with Crippen molar-refractivity contribution >= 4 is 28.5 Å². The fourth-order valence-corrected chi connectivity index (χ4v) is 3.85. The number of aromatic nitrogens is 5. The van der Waals surface area contributed by atoms with Crippen molar-refractivity contribution in [1.82, 2.24) is 23.7 Å². The molecule has 4 aromatic rings. The van der Waals surface area contributed by atoms with Gasteiger partial charge in [-0.15, -0.1) is 11.3 Å². The van der Waals surface area contributed by atoms with Crippen molar-refractivity contribution in [3.63, 3.8) is 0 Å². The molecule has 4 rings (SSSR count). The SMILES string of the molecule is Cn1c(=O)c2c(ncn2CCC(=O)OCc2csc(COc3ccc(F)cc3)n2)n(C)c1=O. The van der Waals surface area contributed by atoms with E-state index in [-0.39, 0.29) is 43.2 Å². The van der Waals surface area contributed by atoms with Crippen molar-refractivity contribution in [2.24, 2.45) is 14.1 Å². The molecule has 33 heavy (non-hydrogen) atoms. The summed E-state index contributed by atoms with van der Waals surface area (Å²) in [5, 5.41) is 2.46. The Morgan fingerprint density at radius 1 is 1.12 bits per heavy atom. The highest BCUT2D eigenvalue weighted by Gasteiger charge is 2.15. The van der Waals surface area contributed by atoms with Gasteiger partial charge in [0.25, 0.3) is 5.56 Å². The molecule has 3 aromatic heterocycles. The number of halogens is 1. The maximum Gasteiger partial charge on any atom is 0.332 e. The third-order valence-corrected chi connectivity index (χ3v) is 5.80. The lowest BCUT2D eigenvalue weighted by Crippen LogP contribution is -2.37. The highest BCUT2D eigenvalue weighted by atomic mass is 32.1. The van der Waals surface area contributed by atoms with Gasteiger partial charge in [0, 0.05) is 26.0 Å². The monoisotopic (exact) mass is 473 g/mol. The number of benzene rings is 1. The molecule has 0 amide bonds. The molecule has 0 aliphatic rings. The Morgan fingerprint density at radius 3 is 2.64 bits per heavy atom. The minimum Gasteiger partial charge on any atom is -0.486 e. The van der Waals surface area contributed by atoms with Gasteiger partial charge in [-0.25, -0.2) is 19.2 Å². The van der Waals surface area contributed by atoms with Crippen molar-refractivity contribution in [2.75, 3.05) is 0 Å². The molecule has 10 nitrogen and oxygen atoms in total. The van der Waals surface area contributed by atoms with Crippen LogP contribution >= 0.6 is 11.3 Å². The van der Waals surface area contributed by atoms with E-state index >= 15 is 0 Å². The number of carbonyl (C=O) groups excluding carboxylic acids is 1. The molecule has 12 heteroatoms. The molecule has 0 saturated carbocycles. The second-order valence-corrected chi connectivity index (χ2v) is 8.14. The van der Waals surface area contributed by atoms with Gasteiger partial charge in [-0.1, -0.05) is 0 Å². The van der Waals surface area contributed by atoms with Gasteiger partial charge in [-0.3, -0.25) is 18.7 Å². The number of esters is 1. The number of thiazole rings is 1. The van der Waals surface area contributed by atoms with Crippen LogP contribution in [-0.4, -0.2) is 29.6 Å². The van der Waals surface area contributed by atoms with E-state index in [0.29, 0.717) is 16.5 Å². The van der Waals surface area contributed by atoms with E-state index in [9.17, 15) is 18.8 Å². The standard InChI is InChI=1S/C21H20FN5O5S/c1-25-19-18(20(29)26(2)21(25)30)27(12-23-19)8-7-17(28)32-9-14-11-33-16(24-14)10-31-15-5-3-13(22)4-6-15/h3-6,11-12H,7-10H2,1-2H3. The Balaban J connectivity index is 1.30. The molecule has 0 radical (unpaired) electrons. The summed E-state index contributed by atoms with van der Waals surface area (Å²) in [5.41, 5.74) is 0.148. The van der Waals surface area contributed by atoms with Crippen molar-refractivity contribution in [3.8, 4) is 5.75 Å². The molecule has 0 spiro atoms. The summed E-state index contributed by atoms with van der Waals surface area (Å²) in [4.78, 5) is 45.1. The first-order valence-electron chi connectivity index (χ1n) is 9.91. The number of ether oxygens (including phenoxy) is 2. The summed E-state index contributed by atoms with van der Waals surface area (Å²) in [7, 11) is 2.92. The fourth-order valence-electron chi connectivity index (χ4n) is 3.16.